The number of nitrogens with zero attached hydrogens (tertiary/aromatic N) is 2. The van der Waals surface area contributed by atoms with E-state index in [1.165, 1.54) is 0 Å². The fraction of sp³-hybridized carbons (Fsp3) is 0.632. The number of benzene rings is 1. The SMILES string of the molecule is Cc1ccc2c(c1)C1(CC(C3CCOC(C)(C)C3)O2)N=C(N)N(C)O1. The van der Waals surface area contributed by atoms with Crippen LogP contribution in [0.3, 0.4) is 0 Å². The van der Waals surface area contributed by atoms with Crippen molar-refractivity contribution >= 4 is 5.96 Å². The van der Waals surface area contributed by atoms with Crippen LogP contribution in [0.2, 0.25) is 0 Å². The monoisotopic (exact) mass is 345 g/mol. The molecule has 0 aromatic heterocycles. The Labute approximate surface area is 148 Å². The lowest BCUT2D eigenvalue weighted by Crippen LogP contribution is -2.46. The summed E-state index contributed by atoms with van der Waals surface area (Å²) in [5.41, 5.74) is 7.24. The number of guanidine groups is 1. The van der Waals surface area contributed by atoms with E-state index < -0.39 is 5.72 Å². The number of hydrogen-bond acceptors (Lipinski definition) is 6. The van der Waals surface area contributed by atoms with Gasteiger partial charge in [-0.25, -0.2) is 14.9 Å². The molecule has 0 bridgehead atoms. The number of rotatable bonds is 1. The van der Waals surface area contributed by atoms with Crippen LogP contribution >= 0.6 is 0 Å². The van der Waals surface area contributed by atoms with Gasteiger partial charge in [-0.15, -0.1) is 0 Å². The van der Waals surface area contributed by atoms with E-state index in [4.69, 9.17) is 25.0 Å². The van der Waals surface area contributed by atoms with Gasteiger partial charge in [-0.3, -0.25) is 0 Å². The van der Waals surface area contributed by atoms with Crippen molar-refractivity contribution in [2.75, 3.05) is 13.7 Å². The van der Waals surface area contributed by atoms with E-state index in [2.05, 4.69) is 32.9 Å². The standard InChI is InChI=1S/C19H27N3O3/c1-12-5-6-15-14(9-12)19(21-17(20)22(4)25-19)11-16(24-15)13-7-8-23-18(2,3)10-13/h5-6,9,13,16H,7-8,10-11H2,1-4H3,(H2,20,21). The lowest BCUT2D eigenvalue weighted by Gasteiger charge is -2.44. The first-order valence-electron chi connectivity index (χ1n) is 8.98. The highest BCUT2D eigenvalue weighted by Crippen LogP contribution is 2.49. The van der Waals surface area contributed by atoms with Gasteiger partial charge in [0, 0.05) is 26.0 Å². The molecule has 3 heterocycles. The fourth-order valence-electron chi connectivity index (χ4n) is 4.24. The molecular weight excluding hydrogens is 318 g/mol. The topological polar surface area (TPSA) is 69.3 Å². The Morgan fingerprint density at radius 3 is 2.76 bits per heavy atom. The predicted molar refractivity (Wildman–Crippen MR) is 95.1 cm³/mol. The second kappa shape index (κ2) is 5.61. The van der Waals surface area contributed by atoms with Gasteiger partial charge in [-0.05, 0) is 45.7 Å². The van der Waals surface area contributed by atoms with Crippen molar-refractivity contribution in [1.29, 1.82) is 0 Å². The Kier molecular flexibility index (Phi) is 3.74. The Morgan fingerprint density at radius 2 is 2.08 bits per heavy atom. The highest BCUT2D eigenvalue weighted by Gasteiger charge is 2.51. The lowest BCUT2D eigenvalue weighted by molar-refractivity contribution is -0.199. The van der Waals surface area contributed by atoms with Gasteiger partial charge in [0.15, 0.2) is 0 Å². The van der Waals surface area contributed by atoms with E-state index in [-0.39, 0.29) is 11.7 Å². The van der Waals surface area contributed by atoms with E-state index in [0.717, 1.165) is 36.3 Å². The van der Waals surface area contributed by atoms with Crippen LogP contribution in [0, 0.1) is 12.8 Å². The largest absolute Gasteiger partial charge is 0.489 e. The van der Waals surface area contributed by atoms with Gasteiger partial charge < -0.3 is 15.2 Å². The summed E-state index contributed by atoms with van der Waals surface area (Å²) in [7, 11) is 1.80. The van der Waals surface area contributed by atoms with Crippen LogP contribution in [0.25, 0.3) is 0 Å². The quantitative estimate of drug-likeness (QED) is 0.847. The molecule has 0 radical (unpaired) electrons. The Balaban J connectivity index is 1.71. The highest BCUT2D eigenvalue weighted by atomic mass is 16.7. The van der Waals surface area contributed by atoms with Crippen molar-refractivity contribution < 1.29 is 14.3 Å². The highest BCUT2D eigenvalue weighted by molar-refractivity contribution is 5.78. The second-order valence-electron chi connectivity index (χ2n) is 8.06. The molecule has 3 atom stereocenters. The minimum atomic E-state index is -0.786. The molecule has 1 aromatic rings. The van der Waals surface area contributed by atoms with E-state index in [1.54, 1.807) is 12.1 Å². The Morgan fingerprint density at radius 1 is 1.28 bits per heavy atom. The Bertz CT molecular complexity index is 718. The van der Waals surface area contributed by atoms with Crippen LogP contribution in [0.4, 0.5) is 0 Å². The van der Waals surface area contributed by atoms with Gasteiger partial charge in [0.25, 0.3) is 0 Å². The molecule has 2 N–H and O–H groups in total. The number of aliphatic imine (C=N–C) groups is 1. The molecule has 0 saturated carbocycles. The molecular formula is C19H27N3O3. The molecule has 0 amide bonds. The molecule has 3 aliphatic rings. The van der Waals surface area contributed by atoms with Crippen LogP contribution in [0.5, 0.6) is 5.75 Å². The summed E-state index contributed by atoms with van der Waals surface area (Å²) >= 11 is 0. The average molecular weight is 345 g/mol. The molecule has 25 heavy (non-hydrogen) atoms. The van der Waals surface area contributed by atoms with E-state index in [1.807, 2.05) is 6.07 Å². The summed E-state index contributed by atoms with van der Waals surface area (Å²) in [6.45, 7) is 7.11. The summed E-state index contributed by atoms with van der Waals surface area (Å²) < 4.78 is 12.3. The molecule has 3 unspecified atom stereocenters. The maximum atomic E-state index is 6.41. The first-order chi connectivity index (χ1) is 11.8. The molecule has 6 nitrogen and oxygen atoms in total. The number of hydroxylamine groups is 2. The van der Waals surface area contributed by atoms with Gasteiger partial charge in [0.2, 0.25) is 11.7 Å². The molecule has 1 fully saturated rings. The van der Waals surface area contributed by atoms with Gasteiger partial charge in [0.1, 0.15) is 11.9 Å². The normalized spacial score (nSPS) is 33.8. The van der Waals surface area contributed by atoms with Crippen molar-refractivity contribution in [2.24, 2.45) is 16.6 Å². The first-order valence-corrected chi connectivity index (χ1v) is 8.98. The lowest BCUT2D eigenvalue weighted by atomic mass is 9.79. The molecule has 4 rings (SSSR count). The molecule has 1 saturated heterocycles. The van der Waals surface area contributed by atoms with E-state index in [9.17, 15) is 0 Å². The van der Waals surface area contributed by atoms with Crippen LogP contribution in [-0.2, 0) is 15.3 Å². The number of fused-ring (bicyclic) bond motifs is 2. The van der Waals surface area contributed by atoms with Gasteiger partial charge in [0.05, 0.1) is 11.2 Å². The van der Waals surface area contributed by atoms with Gasteiger partial charge >= 0.3 is 0 Å². The van der Waals surface area contributed by atoms with E-state index in [0.29, 0.717) is 18.3 Å². The maximum absolute atomic E-state index is 6.41. The maximum Gasteiger partial charge on any atom is 0.221 e. The summed E-state index contributed by atoms with van der Waals surface area (Å²) in [5, 5.41) is 1.56. The fourth-order valence-corrected chi connectivity index (χ4v) is 4.24. The minimum Gasteiger partial charge on any atom is -0.489 e. The molecule has 6 heteroatoms. The van der Waals surface area contributed by atoms with E-state index >= 15 is 0 Å². The smallest absolute Gasteiger partial charge is 0.221 e. The third-order valence-electron chi connectivity index (χ3n) is 5.48. The third-order valence-corrected chi connectivity index (χ3v) is 5.48. The van der Waals surface area contributed by atoms with Crippen LogP contribution in [-0.4, -0.2) is 36.4 Å². The number of nitrogens with two attached hydrogens (primary N) is 1. The summed E-state index contributed by atoms with van der Waals surface area (Å²) in [4.78, 5) is 10.9. The summed E-state index contributed by atoms with van der Waals surface area (Å²) in [6, 6.07) is 6.18. The molecule has 1 aromatic carbocycles. The van der Waals surface area contributed by atoms with Gasteiger partial charge in [-0.1, -0.05) is 11.6 Å². The van der Waals surface area contributed by atoms with Crippen molar-refractivity contribution in [3.8, 4) is 5.75 Å². The van der Waals surface area contributed by atoms with Crippen LogP contribution in [0.15, 0.2) is 23.2 Å². The zero-order valence-electron chi connectivity index (χ0n) is 15.4. The van der Waals surface area contributed by atoms with Crippen molar-refractivity contribution in [2.45, 2.75) is 57.5 Å². The average Bonchev–Trinajstić information content (AvgIpc) is 2.82. The first kappa shape index (κ1) is 16.7. The zero-order chi connectivity index (χ0) is 17.8. The van der Waals surface area contributed by atoms with Gasteiger partial charge in [-0.2, -0.15) is 0 Å². The molecule has 136 valence electrons. The summed E-state index contributed by atoms with van der Waals surface area (Å²) in [6.07, 6.45) is 2.64. The van der Waals surface area contributed by atoms with Crippen molar-refractivity contribution in [3.63, 3.8) is 0 Å². The second-order valence-corrected chi connectivity index (χ2v) is 8.06. The number of aryl methyl sites for hydroxylation is 1. The Hall–Kier alpha value is -1.79. The molecule has 3 aliphatic heterocycles. The number of ether oxygens (including phenoxy) is 2. The third kappa shape index (κ3) is 2.87. The van der Waals surface area contributed by atoms with Crippen molar-refractivity contribution in [1.82, 2.24) is 5.06 Å². The molecule has 1 spiro atoms. The number of hydrogen-bond donors (Lipinski definition) is 1. The summed E-state index contributed by atoms with van der Waals surface area (Å²) in [5.74, 6) is 1.65. The molecule has 0 aliphatic carbocycles. The zero-order valence-corrected chi connectivity index (χ0v) is 15.4. The predicted octanol–water partition coefficient (Wildman–Crippen LogP) is 2.70. The van der Waals surface area contributed by atoms with Crippen molar-refractivity contribution in [3.05, 3.63) is 29.3 Å². The van der Waals surface area contributed by atoms with Crippen LogP contribution < -0.4 is 10.5 Å². The minimum absolute atomic E-state index is 0.0291. The van der Waals surface area contributed by atoms with Crippen LogP contribution in [0.1, 0.15) is 44.2 Å².